The van der Waals surface area contributed by atoms with E-state index < -0.39 is 30.2 Å². The molecule has 0 radical (unpaired) electrons. The molecule has 3 rings (SSSR count). The number of anilines is 1. The number of urea groups is 1. The summed E-state index contributed by atoms with van der Waals surface area (Å²) in [5.41, 5.74) is 0.335. The largest absolute Gasteiger partial charge is 0.471 e. The van der Waals surface area contributed by atoms with E-state index in [1.54, 1.807) is 29.2 Å². The molecule has 0 aliphatic carbocycles. The molecule has 2 aromatic carbocycles. The van der Waals surface area contributed by atoms with Crippen LogP contribution in [-0.4, -0.2) is 73.0 Å². The van der Waals surface area contributed by atoms with Crippen LogP contribution in [0.3, 0.4) is 0 Å². The van der Waals surface area contributed by atoms with Gasteiger partial charge in [-0.3, -0.25) is 14.5 Å². The molecule has 0 saturated carbocycles. The number of carbonyl (C=O) groups excluding carboxylic acids is 3. The first-order valence-corrected chi connectivity index (χ1v) is 11.6. The van der Waals surface area contributed by atoms with Crippen LogP contribution in [0.15, 0.2) is 42.5 Å². The molecule has 0 atom stereocenters. The highest BCUT2D eigenvalue weighted by molar-refractivity contribution is 6.30. The van der Waals surface area contributed by atoms with Crippen molar-refractivity contribution in [2.24, 2.45) is 0 Å². The van der Waals surface area contributed by atoms with Gasteiger partial charge in [-0.2, -0.15) is 13.2 Å². The smallest absolute Gasteiger partial charge is 0.341 e. The molecule has 3 amide bonds. The molecule has 0 bridgehead atoms. The number of nitrogens with one attached hydrogen (secondary N) is 1. The maximum atomic E-state index is 15.0. The van der Waals surface area contributed by atoms with Crippen LogP contribution in [0.25, 0.3) is 0 Å². The molecule has 0 aromatic heterocycles. The fourth-order valence-corrected chi connectivity index (χ4v) is 3.91. The van der Waals surface area contributed by atoms with Gasteiger partial charge < -0.3 is 15.1 Å². The predicted octanol–water partition coefficient (Wildman–Crippen LogP) is 4.10. The Morgan fingerprint density at radius 2 is 1.75 bits per heavy atom. The Kier molecular flexibility index (Phi) is 8.91. The van der Waals surface area contributed by atoms with Gasteiger partial charge in [0.1, 0.15) is 5.82 Å². The van der Waals surface area contributed by atoms with Crippen LogP contribution >= 0.6 is 11.6 Å². The van der Waals surface area contributed by atoms with Crippen LogP contribution in [0.1, 0.15) is 22.8 Å². The second-order valence-electron chi connectivity index (χ2n) is 8.18. The molecule has 36 heavy (non-hydrogen) atoms. The van der Waals surface area contributed by atoms with E-state index in [9.17, 15) is 31.9 Å². The summed E-state index contributed by atoms with van der Waals surface area (Å²) in [6.07, 6.45) is -5.13. The minimum atomic E-state index is -5.13. The Balaban J connectivity index is 1.78. The summed E-state index contributed by atoms with van der Waals surface area (Å²) in [5.74, 6) is -3.98. The fourth-order valence-electron chi connectivity index (χ4n) is 3.72. The molecule has 1 heterocycles. The highest BCUT2D eigenvalue weighted by atomic mass is 35.5. The normalized spacial score (nSPS) is 14.4. The lowest BCUT2D eigenvalue weighted by Gasteiger charge is -2.37. The van der Waals surface area contributed by atoms with Crippen molar-refractivity contribution >= 4 is 35.0 Å². The number of hydrogen-bond donors (Lipinski definition) is 1. The van der Waals surface area contributed by atoms with Gasteiger partial charge in [0.25, 0.3) is 0 Å². The van der Waals surface area contributed by atoms with Crippen molar-refractivity contribution in [1.82, 2.24) is 15.1 Å². The van der Waals surface area contributed by atoms with Gasteiger partial charge in [-0.25, -0.2) is 9.18 Å². The first kappa shape index (κ1) is 27.4. The van der Waals surface area contributed by atoms with Crippen LogP contribution < -0.4 is 10.2 Å². The van der Waals surface area contributed by atoms with Crippen LogP contribution in [0, 0.1) is 5.82 Å². The second-order valence-corrected chi connectivity index (χ2v) is 8.62. The van der Waals surface area contributed by atoms with E-state index in [1.165, 1.54) is 22.3 Å². The van der Waals surface area contributed by atoms with E-state index in [0.717, 1.165) is 12.6 Å². The molecule has 12 heteroatoms. The predicted molar refractivity (Wildman–Crippen MR) is 127 cm³/mol. The van der Waals surface area contributed by atoms with E-state index in [-0.39, 0.29) is 23.7 Å². The number of halogens is 5. The van der Waals surface area contributed by atoms with E-state index >= 15 is 0 Å². The fraction of sp³-hybridized carbons (Fsp3) is 0.375. The van der Waals surface area contributed by atoms with Crippen molar-refractivity contribution in [3.8, 4) is 0 Å². The van der Waals surface area contributed by atoms with E-state index in [2.05, 4.69) is 4.90 Å². The molecule has 1 fully saturated rings. The second kappa shape index (κ2) is 11.7. The van der Waals surface area contributed by atoms with Gasteiger partial charge in [-0.05, 0) is 30.8 Å². The molecule has 1 aliphatic heterocycles. The number of likely N-dealkylation sites (N-methyl/N-ethyl adjacent to an activating group) is 1. The van der Waals surface area contributed by atoms with Gasteiger partial charge >= 0.3 is 18.1 Å². The third kappa shape index (κ3) is 6.94. The Morgan fingerprint density at radius 3 is 2.33 bits per heavy atom. The Morgan fingerprint density at radius 1 is 1.06 bits per heavy atom. The average Bonchev–Trinajstić information content (AvgIpc) is 2.85. The molecular formula is C24H25ClF4N4O3. The number of rotatable bonds is 7. The first-order chi connectivity index (χ1) is 17.0. The summed E-state index contributed by atoms with van der Waals surface area (Å²) in [5, 5.41) is 1.85. The lowest BCUT2D eigenvalue weighted by Crippen LogP contribution is -2.52. The molecule has 194 valence electrons. The van der Waals surface area contributed by atoms with Crippen LogP contribution in [0.4, 0.5) is 28.0 Å². The van der Waals surface area contributed by atoms with Gasteiger partial charge in [-0.1, -0.05) is 36.7 Å². The molecule has 0 spiro atoms. The van der Waals surface area contributed by atoms with Gasteiger partial charge in [0.15, 0.2) is 5.78 Å². The third-order valence-electron chi connectivity index (χ3n) is 5.81. The summed E-state index contributed by atoms with van der Waals surface area (Å²) in [6, 6.07) is 9.63. The standard InChI is InChI=1S/C24H25ClF4N4O3/c1-2-31-8-10-32(11-9-31)23(36)33(19-5-3-4-18(25)13-19)15-17-7-6-16(12-20(17)26)21(34)14-30-22(35)24(27,28)29/h3-7,12-13H,2,8-11,14-15H2,1H3,(H,30,35). The number of benzene rings is 2. The highest BCUT2D eigenvalue weighted by Gasteiger charge is 2.38. The molecular weight excluding hydrogens is 504 g/mol. The zero-order valence-corrected chi connectivity index (χ0v) is 20.2. The maximum Gasteiger partial charge on any atom is 0.471 e. The summed E-state index contributed by atoms with van der Waals surface area (Å²) >= 11 is 6.12. The number of amides is 3. The molecule has 1 aliphatic rings. The summed E-state index contributed by atoms with van der Waals surface area (Å²) in [4.78, 5) is 41.7. The van der Waals surface area contributed by atoms with Crippen LogP contribution in [0.5, 0.6) is 0 Å². The van der Waals surface area contributed by atoms with Gasteiger partial charge in [-0.15, -0.1) is 0 Å². The Bertz CT molecular complexity index is 1120. The van der Waals surface area contributed by atoms with Gasteiger partial charge in [0.05, 0.1) is 13.1 Å². The molecule has 7 nitrogen and oxygen atoms in total. The van der Waals surface area contributed by atoms with Crippen molar-refractivity contribution in [3.05, 3.63) is 64.4 Å². The lowest BCUT2D eigenvalue weighted by atomic mass is 10.1. The minimum Gasteiger partial charge on any atom is -0.341 e. The number of alkyl halides is 3. The lowest BCUT2D eigenvalue weighted by molar-refractivity contribution is -0.173. The molecule has 1 saturated heterocycles. The van der Waals surface area contributed by atoms with Gasteiger partial charge in [0, 0.05) is 48.0 Å². The monoisotopic (exact) mass is 528 g/mol. The summed E-state index contributed by atoms with van der Waals surface area (Å²) in [6.45, 7) is 4.23. The highest BCUT2D eigenvalue weighted by Crippen LogP contribution is 2.25. The number of Topliss-reactive ketones (excluding diaryl/α,β-unsaturated/α-hetero) is 1. The zero-order chi connectivity index (χ0) is 26.5. The number of ketones is 1. The summed E-state index contributed by atoms with van der Waals surface area (Å²) < 4.78 is 51.9. The van der Waals surface area contributed by atoms with Crippen LogP contribution in [0.2, 0.25) is 5.02 Å². The van der Waals surface area contributed by atoms with Crippen molar-refractivity contribution in [1.29, 1.82) is 0 Å². The topological polar surface area (TPSA) is 73.0 Å². The third-order valence-corrected chi connectivity index (χ3v) is 6.05. The SMILES string of the molecule is CCN1CCN(C(=O)N(Cc2ccc(C(=O)CNC(=O)C(F)(F)F)cc2F)c2cccc(Cl)c2)CC1. The van der Waals surface area contributed by atoms with E-state index in [1.807, 2.05) is 6.92 Å². The minimum absolute atomic E-state index is 0.0893. The zero-order valence-electron chi connectivity index (χ0n) is 19.4. The first-order valence-electron chi connectivity index (χ1n) is 11.2. The van der Waals surface area contributed by atoms with Crippen LogP contribution in [-0.2, 0) is 11.3 Å². The number of nitrogens with zero attached hydrogens (tertiary/aromatic N) is 3. The van der Waals surface area contributed by atoms with Gasteiger partial charge in [0.2, 0.25) is 0 Å². The molecule has 0 unspecified atom stereocenters. The number of piperazine rings is 1. The molecule has 1 N–H and O–H groups in total. The molecule has 2 aromatic rings. The van der Waals surface area contributed by atoms with E-state index in [4.69, 9.17) is 11.6 Å². The number of hydrogen-bond acceptors (Lipinski definition) is 4. The Hall–Kier alpha value is -3.18. The van der Waals surface area contributed by atoms with Crippen molar-refractivity contribution < 1.29 is 31.9 Å². The Labute approximate surface area is 210 Å². The average molecular weight is 529 g/mol. The van der Waals surface area contributed by atoms with Crippen molar-refractivity contribution in [3.63, 3.8) is 0 Å². The van der Waals surface area contributed by atoms with Crippen molar-refractivity contribution in [2.45, 2.75) is 19.6 Å². The quantitative estimate of drug-likeness (QED) is 0.434. The number of carbonyl (C=O) groups is 3. The van der Waals surface area contributed by atoms with Crippen molar-refractivity contribution in [2.75, 3.05) is 44.2 Å². The summed E-state index contributed by atoms with van der Waals surface area (Å²) in [7, 11) is 0. The maximum absolute atomic E-state index is 15.0. The van der Waals surface area contributed by atoms with E-state index in [0.29, 0.717) is 36.9 Å².